The molecule has 1 unspecified atom stereocenters. The van der Waals surface area contributed by atoms with E-state index in [4.69, 9.17) is 0 Å². The summed E-state index contributed by atoms with van der Waals surface area (Å²) < 4.78 is 0. The molecule has 1 atom stereocenters. The molecule has 2 aliphatic heterocycles. The Bertz CT molecular complexity index is 326. The first-order chi connectivity index (χ1) is 7.41. The average molecular weight is 204 g/mol. The first-order valence-corrected chi connectivity index (χ1v) is 5.67. The molecule has 1 N–H and O–H groups in total. The van der Waals surface area contributed by atoms with Crippen molar-refractivity contribution in [2.45, 2.75) is 24.8 Å². The quantitative estimate of drug-likeness (QED) is 0.735. The lowest BCUT2D eigenvalue weighted by atomic mass is 9.95. The summed E-state index contributed by atoms with van der Waals surface area (Å²) in [6.07, 6.45) is 5.54. The lowest BCUT2D eigenvalue weighted by Crippen LogP contribution is -2.46. The van der Waals surface area contributed by atoms with Crippen LogP contribution < -0.4 is 10.2 Å². The van der Waals surface area contributed by atoms with Crippen LogP contribution >= 0.6 is 0 Å². The normalized spacial score (nSPS) is 30.3. The molecule has 4 heteroatoms. The topological polar surface area (TPSA) is 41.1 Å². The number of nitrogens with one attached hydrogen (secondary N) is 1. The van der Waals surface area contributed by atoms with Crippen LogP contribution in [-0.4, -0.2) is 35.4 Å². The number of anilines is 1. The summed E-state index contributed by atoms with van der Waals surface area (Å²) in [6, 6.07) is 4.04. The molecule has 3 heterocycles. The first-order valence-electron chi connectivity index (χ1n) is 5.67. The molecule has 2 aliphatic rings. The molecule has 2 saturated heterocycles. The number of hydrogen-bond donors (Lipinski definition) is 1. The zero-order valence-corrected chi connectivity index (χ0v) is 8.82. The van der Waals surface area contributed by atoms with Crippen molar-refractivity contribution in [1.29, 1.82) is 0 Å². The van der Waals surface area contributed by atoms with E-state index < -0.39 is 0 Å². The SMILES string of the molecule is c1cnnc(N2CCCC23CCNC3)c1. The van der Waals surface area contributed by atoms with Gasteiger partial charge in [-0.3, -0.25) is 0 Å². The Morgan fingerprint density at radius 3 is 3.13 bits per heavy atom. The van der Waals surface area contributed by atoms with Crippen LogP contribution in [0.5, 0.6) is 0 Å². The van der Waals surface area contributed by atoms with E-state index in [1.807, 2.05) is 6.07 Å². The lowest BCUT2D eigenvalue weighted by molar-refractivity contribution is 0.463. The highest BCUT2D eigenvalue weighted by Gasteiger charge is 2.43. The fourth-order valence-electron chi connectivity index (χ4n) is 2.91. The minimum Gasteiger partial charge on any atom is -0.348 e. The third-order valence-corrected chi connectivity index (χ3v) is 3.65. The second-order valence-electron chi connectivity index (χ2n) is 4.49. The largest absolute Gasteiger partial charge is 0.348 e. The van der Waals surface area contributed by atoms with Gasteiger partial charge in [-0.25, -0.2) is 0 Å². The number of nitrogens with zero attached hydrogens (tertiary/aromatic N) is 3. The Labute approximate surface area is 89.7 Å². The monoisotopic (exact) mass is 204 g/mol. The van der Waals surface area contributed by atoms with Crippen molar-refractivity contribution in [3.8, 4) is 0 Å². The van der Waals surface area contributed by atoms with Crippen molar-refractivity contribution in [3.05, 3.63) is 18.3 Å². The first kappa shape index (κ1) is 9.09. The fourth-order valence-corrected chi connectivity index (χ4v) is 2.91. The molecule has 4 nitrogen and oxygen atoms in total. The molecule has 0 saturated carbocycles. The van der Waals surface area contributed by atoms with Crippen LogP contribution in [0.25, 0.3) is 0 Å². The zero-order chi connectivity index (χ0) is 10.1. The van der Waals surface area contributed by atoms with Gasteiger partial charge in [-0.05, 0) is 37.9 Å². The zero-order valence-electron chi connectivity index (χ0n) is 8.82. The summed E-state index contributed by atoms with van der Waals surface area (Å²) in [4.78, 5) is 2.44. The summed E-state index contributed by atoms with van der Waals surface area (Å²) in [5, 5.41) is 11.7. The van der Waals surface area contributed by atoms with Crippen molar-refractivity contribution >= 4 is 5.82 Å². The van der Waals surface area contributed by atoms with Gasteiger partial charge in [0.25, 0.3) is 0 Å². The Morgan fingerprint density at radius 1 is 1.40 bits per heavy atom. The predicted molar refractivity (Wildman–Crippen MR) is 58.8 cm³/mol. The van der Waals surface area contributed by atoms with Gasteiger partial charge in [-0.2, -0.15) is 5.10 Å². The van der Waals surface area contributed by atoms with Gasteiger partial charge >= 0.3 is 0 Å². The van der Waals surface area contributed by atoms with Crippen LogP contribution in [-0.2, 0) is 0 Å². The van der Waals surface area contributed by atoms with E-state index in [2.05, 4.69) is 26.5 Å². The van der Waals surface area contributed by atoms with E-state index >= 15 is 0 Å². The van der Waals surface area contributed by atoms with Gasteiger partial charge in [-0.1, -0.05) is 0 Å². The second-order valence-corrected chi connectivity index (χ2v) is 4.49. The van der Waals surface area contributed by atoms with Crippen LogP contribution in [0.3, 0.4) is 0 Å². The van der Waals surface area contributed by atoms with E-state index in [1.165, 1.54) is 19.3 Å². The van der Waals surface area contributed by atoms with Gasteiger partial charge in [0, 0.05) is 19.3 Å². The molecule has 80 valence electrons. The van der Waals surface area contributed by atoms with E-state index in [0.717, 1.165) is 25.5 Å². The van der Waals surface area contributed by atoms with Gasteiger partial charge in [0.15, 0.2) is 5.82 Å². The minimum absolute atomic E-state index is 0.329. The van der Waals surface area contributed by atoms with Gasteiger partial charge in [0.05, 0.1) is 5.54 Å². The Hall–Kier alpha value is -1.16. The molecule has 1 aromatic rings. The Balaban J connectivity index is 1.92. The van der Waals surface area contributed by atoms with E-state index in [0.29, 0.717) is 5.54 Å². The molecule has 2 fully saturated rings. The standard InChI is InChI=1S/C11H16N4/c1-3-10(14-13-6-1)15-8-2-4-11(15)5-7-12-9-11/h1,3,6,12H,2,4-5,7-9H2. The predicted octanol–water partition coefficient (Wildman–Crippen LogP) is 0.809. The van der Waals surface area contributed by atoms with E-state index in [-0.39, 0.29) is 0 Å². The van der Waals surface area contributed by atoms with Gasteiger partial charge < -0.3 is 10.2 Å². The second kappa shape index (κ2) is 3.45. The summed E-state index contributed by atoms with van der Waals surface area (Å²) in [5.41, 5.74) is 0.329. The maximum atomic E-state index is 4.23. The van der Waals surface area contributed by atoms with Crippen molar-refractivity contribution in [1.82, 2.24) is 15.5 Å². The molecule has 1 aromatic heterocycles. The molecular formula is C11H16N4. The average Bonchev–Trinajstić information content (AvgIpc) is 2.91. The molecule has 0 bridgehead atoms. The van der Waals surface area contributed by atoms with Crippen LogP contribution in [0, 0.1) is 0 Å². The summed E-state index contributed by atoms with van der Waals surface area (Å²) in [6.45, 7) is 3.36. The summed E-state index contributed by atoms with van der Waals surface area (Å²) >= 11 is 0. The van der Waals surface area contributed by atoms with Gasteiger partial charge in [0.2, 0.25) is 0 Å². The molecular weight excluding hydrogens is 188 g/mol. The molecule has 3 rings (SSSR count). The van der Waals surface area contributed by atoms with Crippen LogP contribution in [0.2, 0.25) is 0 Å². The van der Waals surface area contributed by atoms with E-state index in [1.54, 1.807) is 6.20 Å². The van der Waals surface area contributed by atoms with E-state index in [9.17, 15) is 0 Å². The minimum atomic E-state index is 0.329. The summed E-state index contributed by atoms with van der Waals surface area (Å²) in [5.74, 6) is 1.04. The molecule has 0 radical (unpaired) electrons. The number of aromatic nitrogens is 2. The fraction of sp³-hybridized carbons (Fsp3) is 0.636. The molecule has 15 heavy (non-hydrogen) atoms. The van der Waals surface area contributed by atoms with Crippen LogP contribution in [0.4, 0.5) is 5.82 Å². The maximum Gasteiger partial charge on any atom is 0.151 e. The highest BCUT2D eigenvalue weighted by atomic mass is 15.3. The number of rotatable bonds is 1. The van der Waals surface area contributed by atoms with Crippen LogP contribution in [0.15, 0.2) is 18.3 Å². The molecule has 0 amide bonds. The summed E-state index contributed by atoms with van der Waals surface area (Å²) in [7, 11) is 0. The van der Waals surface area contributed by atoms with Crippen molar-refractivity contribution < 1.29 is 0 Å². The lowest BCUT2D eigenvalue weighted by Gasteiger charge is -2.34. The smallest absolute Gasteiger partial charge is 0.151 e. The van der Waals surface area contributed by atoms with Gasteiger partial charge in [-0.15, -0.1) is 5.10 Å². The molecule has 0 aliphatic carbocycles. The van der Waals surface area contributed by atoms with Crippen molar-refractivity contribution in [2.75, 3.05) is 24.5 Å². The van der Waals surface area contributed by atoms with Crippen LogP contribution in [0.1, 0.15) is 19.3 Å². The highest BCUT2D eigenvalue weighted by Crippen LogP contribution is 2.36. The number of hydrogen-bond acceptors (Lipinski definition) is 4. The molecule has 0 aromatic carbocycles. The Kier molecular flexibility index (Phi) is 2.09. The third-order valence-electron chi connectivity index (χ3n) is 3.65. The van der Waals surface area contributed by atoms with Gasteiger partial charge in [0.1, 0.15) is 0 Å². The van der Waals surface area contributed by atoms with Crippen molar-refractivity contribution in [2.24, 2.45) is 0 Å². The van der Waals surface area contributed by atoms with Crippen molar-refractivity contribution in [3.63, 3.8) is 0 Å². The third kappa shape index (κ3) is 1.40. The Morgan fingerprint density at radius 2 is 2.40 bits per heavy atom. The highest BCUT2D eigenvalue weighted by molar-refractivity contribution is 5.43. The maximum absolute atomic E-state index is 4.23. The molecule has 1 spiro atoms.